The molecule has 0 saturated heterocycles. The highest BCUT2D eigenvalue weighted by molar-refractivity contribution is 5.83. The molecule has 0 unspecified atom stereocenters. The predicted octanol–water partition coefficient (Wildman–Crippen LogP) is -0.993. The monoisotopic (exact) mass is 361 g/mol. The number of benzene rings is 1. The van der Waals surface area contributed by atoms with Gasteiger partial charge >= 0.3 is 11.9 Å². The van der Waals surface area contributed by atoms with Crippen LogP contribution in [-0.2, 0) is 9.59 Å². The second-order valence-electron chi connectivity index (χ2n) is 5.39. The number of rotatable bonds is 7. The van der Waals surface area contributed by atoms with Crippen LogP contribution in [0.3, 0.4) is 0 Å². The summed E-state index contributed by atoms with van der Waals surface area (Å²) in [5.74, 6) is -3.93. The van der Waals surface area contributed by atoms with E-state index in [-0.39, 0.29) is 11.5 Å². The third kappa shape index (κ3) is 8.31. The number of aromatic hydroxyl groups is 2. The van der Waals surface area contributed by atoms with Gasteiger partial charge in [0.2, 0.25) is 0 Å². The van der Waals surface area contributed by atoms with E-state index in [4.69, 9.17) is 25.5 Å². The van der Waals surface area contributed by atoms with Crippen molar-refractivity contribution in [3.8, 4) is 11.5 Å². The largest absolute Gasteiger partial charge is 0.504 e. The van der Waals surface area contributed by atoms with Gasteiger partial charge in [-0.1, -0.05) is 19.9 Å². The molecule has 10 nitrogen and oxygen atoms in total. The minimum atomic E-state index is -2.27. The Labute approximate surface area is 143 Å². The van der Waals surface area contributed by atoms with Gasteiger partial charge in [-0.05, 0) is 17.7 Å². The highest BCUT2D eigenvalue weighted by atomic mass is 16.4. The van der Waals surface area contributed by atoms with E-state index in [1.54, 1.807) is 6.07 Å². The van der Waals surface area contributed by atoms with Gasteiger partial charge in [-0.25, -0.2) is 9.59 Å². The Morgan fingerprint density at radius 3 is 1.80 bits per heavy atom. The normalized spacial score (nSPS) is 14.2. The van der Waals surface area contributed by atoms with Crippen molar-refractivity contribution in [2.24, 2.45) is 0 Å². The lowest BCUT2D eigenvalue weighted by Gasteiger charge is -2.14. The third-order valence-electron chi connectivity index (χ3n) is 2.91. The van der Waals surface area contributed by atoms with Gasteiger partial charge in [-0.2, -0.15) is 0 Å². The molecule has 0 spiro atoms. The summed E-state index contributed by atoms with van der Waals surface area (Å²) in [6.45, 7) is 4.39. The molecule has 1 aromatic rings. The summed E-state index contributed by atoms with van der Waals surface area (Å²) in [4.78, 5) is 19.5. The molecule has 1 rings (SSSR count). The molecule has 0 aliphatic rings. The summed E-state index contributed by atoms with van der Waals surface area (Å²) in [5.41, 5.74) is 0.582. The topological polar surface area (TPSA) is 188 Å². The van der Waals surface area contributed by atoms with Crippen molar-refractivity contribution in [1.29, 1.82) is 0 Å². The number of aliphatic hydroxyl groups excluding tert-OH is 3. The van der Waals surface area contributed by atoms with E-state index in [2.05, 4.69) is 5.32 Å². The Balaban J connectivity index is 0.000000504. The molecule has 0 amide bonds. The molecular weight excluding hydrogens is 338 g/mol. The molecule has 0 saturated carbocycles. The van der Waals surface area contributed by atoms with E-state index in [0.29, 0.717) is 18.2 Å². The number of phenols is 2. The van der Waals surface area contributed by atoms with E-state index in [1.807, 2.05) is 13.8 Å². The average Bonchev–Trinajstić information content (AvgIpc) is 2.53. The number of nitrogens with one attached hydrogen (secondary N) is 1. The standard InChI is InChI=1S/C11H17NO3.C4H6O6/c1-7(2)12-6-11(15)8-3-4-9(13)10(14)5-8;5-1(3(7)8)2(6)4(9)10/h3-5,7,11-15H,6H2,1-2H3;1-2,5-6H,(H,7,8)(H,9,10)/t11-;1-,2-/m00/s1. The molecule has 142 valence electrons. The number of aliphatic hydroxyl groups is 3. The minimum absolute atomic E-state index is 0.178. The van der Waals surface area contributed by atoms with Crippen LogP contribution in [0.5, 0.6) is 11.5 Å². The van der Waals surface area contributed by atoms with Gasteiger partial charge in [0.25, 0.3) is 0 Å². The van der Waals surface area contributed by atoms with Gasteiger partial charge in [-0.3, -0.25) is 0 Å². The summed E-state index contributed by atoms with van der Waals surface area (Å²) in [7, 11) is 0. The fourth-order valence-corrected chi connectivity index (χ4v) is 1.48. The summed E-state index contributed by atoms with van der Waals surface area (Å²) >= 11 is 0. The van der Waals surface area contributed by atoms with Crippen molar-refractivity contribution in [3.63, 3.8) is 0 Å². The smallest absolute Gasteiger partial charge is 0.335 e. The van der Waals surface area contributed by atoms with Gasteiger partial charge in [0.05, 0.1) is 6.10 Å². The molecule has 0 aliphatic carbocycles. The van der Waals surface area contributed by atoms with E-state index in [0.717, 1.165) is 0 Å². The number of hydrogen-bond acceptors (Lipinski definition) is 8. The van der Waals surface area contributed by atoms with Crippen molar-refractivity contribution < 1.29 is 45.3 Å². The van der Waals surface area contributed by atoms with Crippen LogP contribution in [-0.4, -0.2) is 72.5 Å². The molecule has 0 fully saturated rings. The molecule has 0 heterocycles. The number of phenolic OH excluding ortho intramolecular Hbond substituents is 2. The first-order chi connectivity index (χ1) is 11.5. The van der Waals surface area contributed by atoms with Crippen LogP contribution in [0.1, 0.15) is 25.5 Å². The highest BCUT2D eigenvalue weighted by Crippen LogP contribution is 2.27. The first kappa shape index (κ1) is 22.6. The predicted molar refractivity (Wildman–Crippen MR) is 85.2 cm³/mol. The molecule has 3 atom stereocenters. The van der Waals surface area contributed by atoms with Crippen LogP contribution in [0.15, 0.2) is 18.2 Å². The average molecular weight is 361 g/mol. The van der Waals surface area contributed by atoms with Crippen LogP contribution >= 0.6 is 0 Å². The van der Waals surface area contributed by atoms with Crippen molar-refractivity contribution in [3.05, 3.63) is 23.8 Å². The van der Waals surface area contributed by atoms with Crippen molar-refractivity contribution in [1.82, 2.24) is 5.32 Å². The maximum atomic E-state index is 9.77. The van der Waals surface area contributed by atoms with E-state index < -0.39 is 30.3 Å². The van der Waals surface area contributed by atoms with Gasteiger partial charge in [0.15, 0.2) is 23.7 Å². The Morgan fingerprint density at radius 2 is 1.44 bits per heavy atom. The van der Waals surface area contributed by atoms with Gasteiger partial charge < -0.3 is 41.1 Å². The van der Waals surface area contributed by atoms with E-state index in [1.165, 1.54) is 12.1 Å². The van der Waals surface area contributed by atoms with Crippen LogP contribution in [0.4, 0.5) is 0 Å². The molecule has 0 radical (unpaired) electrons. The zero-order valence-corrected chi connectivity index (χ0v) is 13.7. The molecule has 0 bridgehead atoms. The molecule has 1 aromatic carbocycles. The molecular formula is C15H23NO9. The molecule has 25 heavy (non-hydrogen) atoms. The Hall–Kier alpha value is -2.40. The lowest BCUT2D eigenvalue weighted by Crippen LogP contribution is -2.39. The summed E-state index contributed by atoms with van der Waals surface area (Å²) < 4.78 is 0. The van der Waals surface area contributed by atoms with Crippen LogP contribution < -0.4 is 5.32 Å². The number of aliphatic carboxylic acids is 2. The number of carbonyl (C=O) groups is 2. The molecule has 8 N–H and O–H groups in total. The van der Waals surface area contributed by atoms with Crippen LogP contribution in [0.25, 0.3) is 0 Å². The number of carboxylic acid groups (broad SMARTS) is 2. The zero-order chi connectivity index (χ0) is 19.7. The SMILES string of the molecule is CC(C)NC[C@H](O)c1ccc(O)c(O)c1.O=C(O)[C@@H](O)[C@H](O)C(=O)O. The molecule has 0 aliphatic heterocycles. The van der Waals surface area contributed by atoms with Gasteiger partial charge in [0.1, 0.15) is 0 Å². The summed E-state index contributed by atoms with van der Waals surface area (Å²) in [5, 5.41) is 63.7. The third-order valence-corrected chi connectivity index (χ3v) is 2.91. The summed E-state index contributed by atoms with van der Waals surface area (Å²) in [6.07, 6.45) is -5.21. The summed E-state index contributed by atoms with van der Waals surface area (Å²) in [6, 6.07) is 4.61. The molecule has 0 aromatic heterocycles. The van der Waals surface area contributed by atoms with Crippen molar-refractivity contribution in [2.75, 3.05) is 6.54 Å². The van der Waals surface area contributed by atoms with Gasteiger partial charge in [-0.15, -0.1) is 0 Å². The Kier molecular flexibility index (Phi) is 9.46. The number of hydrogen-bond donors (Lipinski definition) is 8. The minimum Gasteiger partial charge on any atom is -0.504 e. The highest BCUT2D eigenvalue weighted by Gasteiger charge is 2.29. The Morgan fingerprint density at radius 1 is 0.960 bits per heavy atom. The maximum Gasteiger partial charge on any atom is 0.335 e. The second kappa shape index (κ2) is 10.5. The fraction of sp³-hybridized carbons (Fsp3) is 0.467. The van der Waals surface area contributed by atoms with Crippen LogP contribution in [0, 0.1) is 0 Å². The lowest BCUT2D eigenvalue weighted by molar-refractivity contribution is -0.165. The van der Waals surface area contributed by atoms with Crippen LogP contribution in [0.2, 0.25) is 0 Å². The maximum absolute atomic E-state index is 9.77. The quantitative estimate of drug-likeness (QED) is 0.280. The number of carboxylic acids is 2. The molecule has 10 heteroatoms. The second-order valence-corrected chi connectivity index (χ2v) is 5.39. The van der Waals surface area contributed by atoms with E-state index in [9.17, 15) is 19.8 Å². The fourth-order valence-electron chi connectivity index (χ4n) is 1.48. The Bertz CT molecular complexity index is 558. The van der Waals surface area contributed by atoms with Crippen molar-refractivity contribution >= 4 is 11.9 Å². The first-order valence-corrected chi connectivity index (χ1v) is 7.22. The first-order valence-electron chi connectivity index (χ1n) is 7.22. The van der Waals surface area contributed by atoms with E-state index >= 15 is 0 Å². The zero-order valence-electron chi connectivity index (χ0n) is 13.7. The lowest BCUT2D eigenvalue weighted by atomic mass is 10.1. The van der Waals surface area contributed by atoms with Crippen molar-refractivity contribution in [2.45, 2.75) is 38.2 Å². The van der Waals surface area contributed by atoms with Gasteiger partial charge in [0, 0.05) is 12.6 Å².